The number of carbonyl (C=O) groups excluding carboxylic acids is 3. The molecule has 0 bridgehead atoms. The van der Waals surface area contributed by atoms with Crippen molar-refractivity contribution in [1.82, 2.24) is 0 Å². The summed E-state index contributed by atoms with van der Waals surface area (Å²) in [6.07, 6.45) is 0. The molecule has 0 aromatic heterocycles. The number of esters is 1. The second kappa shape index (κ2) is 5.64. The summed E-state index contributed by atoms with van der Waals surface area (Å²) in [6, 6.07) is 6.08. The molecule has 1 rings (SSSR count). The van der Waals surface area contributed by atoms with Gasteiger partial charge in [0.15, 0.2) is 6.61 Å². The summed E-state index contributed by atoms with van der Waals surface area (Å²) in [5.74, 6) is -1.56. The highest BCUT2D eigenvalue weighted by molar-refractivity contribution is 5.93. The van der Waals surface area contributed by atoms with Crippen LogP contribution in [-0.2, 0) is 14.3 Å². The van der Waals surface area contributed by atoms with Gasteiger partial charge in [-0.15, -0.1) is 0 Å². The number of amides is 2. The van der Waals surface area contributed by atoms with Crippen molar-refractivity contribution in [3.8, 4) is 0 Å². The van der Waals surface area contributed by atoms with E-state index in [1.807, 2.05) is 0 Å². The summed E-state index contributed by atoms with van der Waals surface area (Å²) in [6.45, 7) is 0.932. The summed E-state index contributed by atoms with van der Waals surface area (Å²) in [7, 11) is 0. The maximum Gasteiger partial charge on any atom is 0.338 e. The first-order chi connectivity index (χ1) is 7.99. The lowest BCUT2D eigenvalue weighted by Gasteiger charge is -2.04. The Morgan fingerprint density at radius 3 is 2.29 bits per heavy atom. The highest BCUT2D eigenvalue weighted by Gasteiger charge is 2.08. The molecular weight excluding hydrogens is 224 g/mol. The van der Waals surface area contributed by atoms with Gasteiger partial charge in [-0.1, -0.05) is 0 Å². The number of hydrogen-bond acceptors (Lipinski definition) is 4. The Morgan fingerprint density at radius 1 is 1.24 bits per heavy atom. The number of rotatable bonds is 4. The number of primary amides is 1. The Balaban J connectivity index is 2.63. The van der Waals surface area contributed by atoms with Gasteiger partial charge in [0.25, 0.3) is 5.91 Å². The van der Waals surface area contributed by atoms with E-state index in [4.69, 9.17) is 5.73 Å². The first-order valence-corrected chi connectivity index (χ1v) is 4.82. The molecule has 0 fully saturated rings. The normalized spacial score (nSPS) is 9.47. The topological polar surface area (TPSA) is 98.5 Å². The van der Waals surface area contributed by atoms with Crippen LogP contribution in [0.25, 0.3) is 0 Å². The molecule has 2 amide bonds. The van der Waals surface area contributed by atoms with Gasteiger partial charge in [-0.05, 0) is 24.3 Å². The molecular formula is C11H12N2O4. The average Bonchev–Trinajstić information content (AvgIpc) is 2.26. The van der Waals surface area contributed by atoms with E-state index in [2.05, 4.69) is 10.1 Å². The largest absolute Gasteiger partial charge is 0.452 e. The molecule has 3 N–H and O–H groups in total. The third-order valence-electron chi connectivity index (χ3n) is 1.79. The second-order valence-corrected chi connectivity index (χ2v) is 3.30. The quantitative estimate of drug-likeness (QED) is 0.734. The monoisotopic (exact) mass is 236 g/mol. The fourth-order valence-electron chi connectivity index (χ4n) is 1.11. The lowest BCUT2D eigenvalue weighted by Crippen LogP contribution is -2.20. The summed E-state index contributed by atoms with van der Waals surface area (Å²) in [5, 5.41) is 2.56. The van der Waals surface area contributed by atoms with Crippen LogP contribution in [0.5, 0.6) is 0 Å². The highest BCUT2D eigenvalue weighted by atomic mass is 16.5. The van der Waals surface area contributed by atoms with Crippen LogP contribution in [0.2, 0.25) is 0 Å². The predicted octanol–water partition coefficient (Wildman–Crippen LogP) is 0.287. The maximum absolute atomic E-state index is 11.4. The molecule has 0 aliphatic carbocycles. The van der Waals surface area contributed by atoms with Crippen LogP contribution in [0.15, 0.2) is 24.3 Å². The van der Waals surface area contributed by atoms with Crippen molar-refractivity contribution >= 4 is 23.5 Å². The van der Waals surface area contributed by atoms with Crippen molar-refractivity contribution in [2.75, 3.05) is 11.9 Å². The van der Waals surface area contributed by atoms with Crippen LogP contribution < -0.4 is 11.1 Å². The summed E-state index contributed by atoms with van der Waals surface area (Å²) in [5.41, 5.74) is 5.69. The van der Waals surface area contributed by atoms with Crippen LogP contribution in [0.1, 0.15) is 17.3 Å². The molecule has 0 unspecified atom stereocenters. The molecule has 1 aromatic rings. The van der Waals surface area contributed by atoms with Crippen molar-refractivity contribution in [2.24, 2.45) is 5.73 Å². The Labute approximate surface area is 97.7 Å². The van der Waals surface area contributed by atoms with E-state index in [-0.39, 0.29) is 11.5 Å². The molecule has 0 saturated carbocycles. The molecule has 0 atom stereocenters. The van der Waals surface area contributed by atoms with Gasteiger partial charge in [-0.25, -0.2) is 4.79 Å². The van der Waals surface area contributed by atoms with E-state index in [1.54, 1.807) is 12.1 Å². The van der Waals surface area contributed by atoms with E-state index in [1.165, 1.54) is 19.1 Å². The predicted molar refractivity (Wildman–Crippen MR) is 60.2 cm³/mol. The van der Waals surface area contributed by atoms with Gasteiger partial charge in [0, 0.05) is 12.6 Å². The van der Waals surface area contributed by atoms with Gasteiger partial charge in [0.1, 0.15) is 0 Å². The second-order valence-electron chi connectivity index (χ2n) is 3.30. The molecule has 6 nitrogen and oxygen atoms in total. The summed E-state index contributed by atoms with van der Waals surface area (Å²) >= 11 is 0. The van der Waals surface area contributed by atoms with Crippen molar-refractivity contribution in [2.45, 2.75) is 6.92 Å². The Bertz CT molecular complexity index is 439. The van der Waals surface area contributed by atoms with Crippen molar-refractivity contribution in [1.29, 1.82) is 0 Å². The first kappa shape index (κ1) is 12.7. The third kappa shape index (κ3) is 4.33. The number of nitrogens with two attached hydrogens (primary N) is 1. The zero-order valence-corrected chi connectivity index (χ0v) is 9.23. The molecule has 0 spiro atoms. The van der Waals surface area contributed by atoms with Gasteiger partial charge in [0.05, 0.1) is 5.56 Å². The zero-order valence-electron chi connectivity index (χ0n) is 9.23. The van der Waals surface area contributed by atoms with Gasteiger partial charge in [-0.3, -0.25) is 9.59 Å². The van der Waals surface area contributed by atoms with Crippen LogP contribution >= 0.6 is 0 Å². The van der Waals surface area contributed by atoms with Crippen molar-refractivity contribution in [3.05, 3.63) is 29.8 Å². The maximum atomic E-state index is 11.4. The molecule has 0 saturated heterocycles. The Kier molecular flexibility index (Phi) is 4.21. The highest BCUT2D eigenvalue weighted by Crippen LogP contribution is 2.10. The van der Waals surface area contributed by atoms with E-state index in [0.717, 1.165) is 0 Å². The Morgan fingerprint density at radius 2 is 1.82 bits per heavy atom. The van der Waals surface area contributed by atoms with E-state index < -0.39 is 18.5 Å². The van der Waals surface area contributed by atoms with Crippen molar-refractivity contribution in [3.63, 3.8) is 0 Å². The molecule has 0 aliphatic heterocycles. The van der Waals surface area contributed by atoms with Crippen LogP contribution in [0.4, 0.5) is 5.69 Å². The number of hydrogen-bond donors (Lipinski definition) is 2. The van der Waals surface area contributed by atoms with E-state index in [9.17, 15) is 14.4 Å². The molecule has 0 aliphatic rings. The molecule has 0 radical (unpaired) electrons. The molecule has 17 heavy (non-hydrogen) atoms. The number of anilines is 1. The zero-order chi connectivity index (χ0) is 12.8. The van der Waals surface area contributed by atoms with Crippen LogP contribution in [-0.4, -0.2) is 24.4 Å². The standard InChI is InChI=1S/C11H12N2O4/c1-7(14)13-9-4-2-8(3-5-9)11(16)17-6-10(12)15/h2-5H,6H2,1H3,(H2,12,15)(H,13,14). The van der Waals surface area contributed by atoms with Gasteiger partial charge >= 0.3 is 5.97 Å². The molecule has 1 aromatic carbocycles. The number of carbonyl (C=O) groups is 3. The van der Waals surface area contributed by atoms with E-state index in [0.29, 0.717) is 5.69 Å². The van der Waals surface area contributed by atoms with Crippen LogP contribution in [0.3, 0.4) is 0 Å². The van der Waals surface area contributed by atoms with Crippen LogP contribution in [0, 0.1) is 0 Å². The van der Waals surface area contributed by atoms with Gasteiger partial charge in [0.2, 0.25) is 5.91 Å². The number of benzene rings is 1. The van der Waals surface area contributed by atoms with Gasteiger partial charge in [-0.2, -0.15) is 0 Å². The van der Waals surface area contributed by atoms with Crippen molar-refractivity contribution < 1.29 is 19.1 Å². The minimum atomic E-state index is -0.715. The van der Waals surface area contributed by atoms with E-state index >= 15 is 0 Å². The average molecular weight is 236 g/mol. The summed E-state index contributed by atoms with van der Waals surface area (Å²) in [4.78, 5) is 32.5. The fraction of sp³-hybridized carbons (Fsp3) is 0.182. The third-order valence-corrected chi connectivity index (χ3v) is 1.79. The Hall–Kier alpha value is -2.37. The fourth-order valence-corrected chi connectivity index (χ4v) is 1.11. The smallest absolute Gasteiger partial charge is 0.338 e. The SMILES string of the molecule is CC(=O)Nc1ccc(C(=O)OCC(N)=O)cc1. The lowest BCUT2D eigenvalue weighted by molar-refractivity contribution is -0.121. The summed E-state index contributed by atoms with van der Waals surface area (Å²) < 4.78 is 4.61. The number of nitrogens with one attached hydrogen (secondary N) is 1. The lowest BCUT2D eigenvalue weighted by atomic mass is 10.2. The minimum Gasteiger partial charge on any atom is -0.452 e. The molecule has 90 valence electrons. The van der Waals surface area contributed by atoms with Gasteiger partial charge < -0.3 is 15.8 Å². The number of ether oxygens (including phenoxy) is 1. The first-order valence-electron chi connectivity index (χ1n) is 4.82. The molecule has 0 heterocycles. The molecule has 6 heteroatoms. The minimum absolute atomic E-state index is 0.200.